The summed E-state index contributed by atoms with van der Waals surface area (Å²) in [6, 6.07) is 9.71. The highest BCUT2D eigenvalue weighted by Gasteiger charge is 2.19. The fraction of sp³-hybridized carbons (Fsp3) is 0.500. The molecule has 1 aromatic carbocycles. The summed E-state index contributed by atoms with van der Waals surface area (Å²) in [5.41, 5.74) is 2.60. The van der Waals surface area contributed by atoms with Crippen LogP contribution in [-0.4, -0.2) is 46.6 Å². The second-order valence-corrected chi connectivity index (χ2v) is 8.08. The number of carbonyl (C=O) groups excluding carboxylic acids is 1. The Hall–Kier alpha value is -2.44. The van der Waals surface area contributed by atoms with E-state index >= 15 is 0 Å². The van der Waals surface area contributed by atoms with Gasteiger partial charge in [-0.05, 0) is 61.9 Å². The smallest absolute Gasteiger partial charge is 0.239 e. The SMILES string of the molecule is CCCCCc1cc(Oc2ccnc(NC(=O)CN3CCC(O)CC3)c2)ccc1C. The Balaban J connectivity index is 1.57. The van der Waals surface area contributed by atoms with Gasteiger partial charge in [0.05, 0.1) is 12.6 Å². The van der Waals surface area contributed by atoms with Crippen LogP contribution in [0.4, 0.5) is 5.82 Å². The van der Waals surface area contributed by atoms with Crippen molar-refractivity contribution in [2.75, 3.05) is 25.0 Å². The highest BCUT2D eigenvalue weighted by molar-refractivity contribution is 5.91. The minimum Gasteiger partial charge on any atom is -0.457 e. The summed E-state index contributed by atoms with van der Waals surface area (Å²) in [5, 5.41) is 12.4. The van der Waals surface area contributed by atoms with Gasteiger partial charge in [-0.25, -0.2) is 4.98 Å². The molecule has 0 saturated carbocycles. The lowest BCUT2D eigenvalue weighted by molar-refractivity contribution is -0.117. The minimum atomic E-state index is -0.242. The van der Waals surface area contributed by atoms with Crippen LogP contribution >= 0.6 is 0 Å². The zero-order valence-corrected chi connectivity index (χ0v) is 18.1. The molecule has 30 heavy (non-hydrogen) atoms. The van der Waals surface area contributed by atoms with E-state index in [1.54, 1.807) is 18.3 Å². The van der Waals surface area contributed by atoms with Gasteiger partial charge in [-0.1, -0.05) is 25.8 Å². The number of piperidine rings is 1. The molecule has 1 aromatic heterocycles. The summed E-state index contributed by atoms with van der Waals surface area (Å²) in [6.45, 7) is 6.12. The summed E-state index contributed by atoms with van der Waals surface area (Å²) >= 11 is 0. The zero-order chi connectivity index (χ0) is 21.3. The zero-order valence-electron chi connectivity index (χ0n) is 18.1. The van der Waals surface area contributed by atoms with Crippen LogP contribution in [0.15, 0.2) is 36.5 Å². The number of ether oxygens (including phenoxy) is 1. The molecule has 0 radical (unpaired) electrons. The standard InChI is InChI=1S/C24H33N3O3/c1-3-4-5-6-19-15-21(8-7-18(19)2)30-22-9-12-25-23(16-22)26-24(29)17-27-13-10-20(28)11-14-27/h7-9,12,15-16,20,28H,3-6,10-11,13-14,17H2,1-2H3,(H,25,26,29). The molecule has 6 nitrogen and oxygen atoms in total. The number of nitrogens with zero attached hydrogens (tertiary/aromatic N) is 2. The molecule has 1 saturated heterocycles. The number of unbranched alkanes of at least 4 members (excludes halogenated alkanes) is 2. The van der Waals surface area contributed by atoms with E-state index in [4.69, 9.17) is 4.74 Å². The van der Waals surface area contributed by atoms with Gasteiger partial charge in [-0.3, -0.25) is 9.69 Å². The third-order valence-corrected chi connectivity index (χ3v) is 5.53. The molecule has 2 aromatic rings. The molecule has 6 heteroatoms. The number of benzene rings is 1. The van der Waals surface area contributed by atoms with E-state index in [1.807, 2.05) is 6.07 Å². The second-order valence-electron chi connectivity index (χ2n) is 8.08. The van der Waals surface area contributed by atoms with Crippen LogP contribution in [-0.2, 0) is 11.2 Å². The Bertz CT molecular complexity index is 832. The van der Waals surface area contributed by atoms with Gasteiger partial charge in [0.15, 0.2) is 0 Å². The Morgan fingerprint density at radius 3 is 2.73 bits per heavy atom. The van der Waals surface area contributed by atoms with Gasteiger partial charge in [0.1, 0.15) is 17.3 Å². The maximum absolute atomic E-state index is 12.3. The lowest BCUT2D eigenvalue weighted by Gasteiger charge is -2.28. The first-order valence-electron chi connectivity index (χ1n) is 11.0. The van der Waals surface area contributed by atoms with Crippen molar-refractivity contribution < 1.29 is 14.6 Å². The Morgan fingerprint density at radius 1 is 1.20 bits per heavy atom. The van der Waals surface area contributed by atoms with Crippen molar-refractivity contribution in [3.05, 3.63) is 47.7 Å². The lowest BCUT2D eigenvalue weighted by Crippen LogP contribution is -2.40. The Kier molecular flexibility index (Phi) is 8.22. The fourth-order valence-electron chi connectivity index (χ4n) is 3.69. The molecule has 0 spiro atoms. The average Bonchev–Trinajstić information content (AvgIpc) is 2.72. The van der Waals surface area contributed by atoms with Gasteiger partial charge >= 0.3 is 0 Å². The largest absolute Gasteiger partial charge is 0.457 e. The molecule has 162 valence electrons. The summed E-state index contributed by atoms with van der Waals surface area (Å²) in [4.78, 5) is 18.6. The molecule has 1 aliphatic rings. The molecule has 2 heterocycles. The van der Waals surface area contributed by atoms with E-state index in [0.717, 1.165) is 25.3 Å². The second kappa shape index (κ2) is 11.1. The minimum absolute atomic E-state index is 0.107. The molecule has 0 unspecified atom stereocenters. The summed E-state index contributed by atoms with van der Waals surface area (Å²) in [5.74, 6) is 1.81. The van der Waals surface area contributed by atoms with E-state index < -0.39 is 0 Å². The lowest BCUT2D eigenvalue weighted by atomic mass is 10.0. The van der Waals surface area contributed by atoms with E-state index in [9.17, 15) is 9.90 Å². The number of aryl methyl sites for hydroxylation is 2. The number of carbonyl (C=O) groups is 1. The number of nitrogens with one attached hydrogen (secondary N) is 1. The topological polar surface area (TPSA) is 74.7 Å². The van der Waals surface area contributed by atoms with Crippen LogP contribution in [0, 0.1) is 6.92 Å². The molecule has 1 amide bonds. The molecule has 0 aliphatic carbocycles. The number of aromatic nitrogens is 1. The molecule has 1 aliphatic heterocycles. The van der Waals surface area contributed by atoms with Crippen LogP contribution in [0.25, 0.3) is 0 Å². The van der Waals surface area contributed by atoms with E-state index in [0.29, 0.717) is 31.0 Å². The van der Waals surface area contributed by atoms with Crippen LogP contribution in [0.1, 0.15) is 50.2 Å². The fourth-order valence-corrected chi connectivity index (χ4v) is 3.69. The number of amides is 1. The highest BCUT2D eigenvalue weighted by Crippen LogP contribution is 2.26. The first-order chi connectivity index (χ1) is 14.5. The number of anilines is 1. The first-order valence-corrected chi connectivity index (χ1v) is 11.0. The van der Waals surface area contributed by atoms with Crippen molar-refractivity contribution in [2.24, 2.45) is 0 Å². The molecular weight excluding hydrogens is 378 g/mol. The molecule has 2 N–H and O–H groups in total. The van der Waals surface area contributed by atoms with Crippen LogP contribution in [0.2, 0.25) is 0 Å². The maximum atomic E-state index is 12.3. The summed E-state index contributed by atoms with van der Waals surface area (Å²) < 4.78 is 6.03. The number of hydrogen-bond acceptors (Lipinski definition) is 5. The molecule has 1 fully saturated rings. The first kappa shape index (κ1) is 22.2. The number of pyridine rings is 1. The van der Waals surface area contributed by atoms with Crippen molar-refractivity contribution in [1.29, 1.82) is 0 Å². The number of likely N-dealkylation sites (tertiary alicyclic amines) is 1. The van der Waals surface area contributed by atoms with Crippen LogP contribution in [0.5, 0.6) is 11.5 Å². The monoisotopic (exact) mass is 411 g/mol. The van der Waals surface area contributed by atoms with Crippen molar-refractivity contribution in [3.63, 3.8) is 0 Å². The van der Waals surface area contributed by atoms with E-state index in [2.05, 4.69) is 41.2 Å². The molecular formula is C24H33N3O3. The quantitative estimate of drug-likeness (QED) is 0.602. The molecule has 0 atom stereocenters. The number of hydrogen-bond donors (Lipinski definition) is 2. The van der Waals surface area contributed by atoms with Crippen molar-refractivity contribution in [3.8, 4) is 11.5 Å². The predicted molar refractivity (Wildman–Crippen MR) is 119 cm³/mol. The van der Waals surface area contributed by atoms with Gasteiger partial charge < -0.3 is 15.2 Å². The molecule has 0 bridgehead atoms. The van der Waals surface area contributed by atoms with Gasteiger partial charge in [-0.15, -0.1) is 0 Å². The number of aliphatic hydroxyl groups is 1. The third kappa shape index (κ3) is 6.82. The highest BCUT2D eigenvalue weighted by atomic mass is 16.5. The number of rotatable bonds is 9. The average molecular weight is 412 g/mol. The van der Waals surface area contributed by atoms with Crippen LogP contribution < -0.4 is 10.1 Å². The molecule has 3 rings (SSSR count). The normalized spacial score (nSPS) is 15.2. The predicted octanol–water partition coefficient (Wildman–Crippen LogP) is 4.31. The van der Waals surface area contributed by atoms with Gasteiger partial charge in [0.2, 0.25) is 5.91 Å². The van der Waals surface area contributed by atoms with E-state index in [-0.39, 0.29) is 12.0 Å². The Labute approximate surface area is 179 Å². The van der Waals surface area contributed by atoms with Gasteiger partial charge in [-0.2, -0.15) is 0 Å². The number of aliphatic hydroxyl groups excluding tert-OH is 1. The third-order valence-electron chi connectivity index (χ3n) is 5.53. The van der Waals surface area contributed by atoms with Crippen molar-refractivity contribution in [1.82, 2.24) is 9.88 Å². The summed E-state index contributed by atoms with van der Waals surface area (Å²) in [6.07, 6.45) is 7.51. The Morgan fingerprint density at radius 2 is 1.97 bits per heavy atom. The van der Waals surface area contributed by atoms with Crippen LogP contribution in [0.3, 0.4) is 0 Å². The van der Waals surface area contributed by atoms with Crippen molar-refractivity contribution >= 4 is 11.7 Å². The summed E-state index contributed by atoms with van der Waals surface area (Å²) in [7, 11) is 0. The van der Waals surface area contributed by atoms with Crippen molar-refractivity contribution in [2.45, 2.75) is 58.5 Å². The van der Waals surface area contributed by atoms with E-state index in [1.165, 1.54) is 30.4 Å². The maximum Gasteiger partial charge on any atom is 0.239 e. The van der Waals surface area contributed by atoms with Gasteiger partial charge in [0, 0.05) is 25.4 Å². The van der Waals surface area contributed by atoms with Gasteiger partial charge in [0.25, 0.3) is 0 Å².